The molecule has 0 spiro atoms. The summed E-state index contributed by atoms with van der Waals surface area (Å²) in [5, 5.41) is 2.97. The molecule has 2 aliphatic rings. The summed E-state index contributed by atoms with van der Waals surface area (Å²) in [5.74, 6) is 2.12. The van der Waals surface area contributed by atoms with E-state index in [0.717, 1.165) is 50.3 Å². The highest BCUT2D eigenvalue weighted by atomic mass is 16.6. The number of rotatable bonds is 6. The minimum absolute atomic E-state index is 0.0625. The fourth-order valence-electron chi connectivity index (χ4n) is 3.75. The number of likely N-dealkylation sites (tertiary alicyclic amines) is 1. The van der Waals surface area contributed by atoms with Crippen LogP contribution in [-0.2, 0) is 11.3 Å². The summed E-state index contributed by atoms with van der Waals surface area (Å²) in [5.41, 5.74) is 1.99. The Kier molecular flexibility index (Phi) is 5.63. The Hall–Kier alpha value is -2.47. The molecule has 0 unspecified atom stereocenters. The molecular formula is C21H26N2O4. The van der Waals surface area contributed by atoms with Crippen molar-refractivity contribution in [1.29, 1.82) is 0 Å². The van der Waals surface area contributed by atoms with Gasteiger partial charge >= 0.3 is 0 Å². The second-order valence-corrected chi connectivity index (χ2v) is 7.30. The normalized spacial score (nSPS) is 17.6. The number of fused-ring (bicyclic) bond motifs is 1. The van der Waals surface area contributed by atoms with Gasteiger partial charge in [0.05, 0.1) is 12.5 Å². The van der Waals surface area contributed by atoms with E-state index >= 15 is 0 Å². The lowest BCUT2D eigenvalue weighted by Crippen LogP contribution is -2.33. The maximum atomic E-state index is 12.3. The molecule has 4 rings (SSSR count). The zero-order chi connectivity index (χ0) is 18.5. The van der Waals surface area contributed by atoms with Gasteiger partial charge in [-0.1, -0.05) is 0 Å². The molecule has 27 heavy (non-hydrogen) atoms. The van der Waals surface area contributed by atoms with Crippen LogP contribution in [0.25, 0.3) is 0 Å². The van der Waals surface area contributed by atoms with E-state index in [2.05, 4.69) is 10.2 Å². The van der Waals surface area contributed by atoms with E-state index in [9.17, 15) is 4.79 Å². The zero-order valence-electron chi connectivity index (χ0n) is 15.5. The van der Waals surface area contributed by atoms with Gasteiger partial charge in [-0.15, -0.1) is 0 Å². The lowest BCUT2D eigenvalue weighted by atomic mass is 9.92. The molecule has 144 valence electrons. The number of ether oxygens (including phenoxy) is 2. The summed E-state index contributed by atoms with van der Waals surface area (Å²) >= 11 is 0. The average molecular weight is 370 g/mol. The molecular weight excluding hydrogens is 344 g/mol. The predicted molar refractivity (Wildman–Crippen MR) is 102 cm³/mol. The van der Waals surface area contributed by atoms with Gasteiger partial charge in [0.15, 0.2) is 11.5 Å². The maximum absolute atomic E-state index is 12.3. The summed E-state index contributed by atoms with van der Waals surface area (Å²) in [6.45, 7) is 4.23. The summed E-state index contributed by atoms with van der Waals surface area (Å²) < 4.78 is 16.2. The van der Waals surface area contributed by atoms with Crippen molar-refractivity contribution < 1.29 is 18.7 Å². The predicted octanol–water partition coefficient (Wildman–Crippen LogP) is 3.68. The van der Waals surface area contributed by atoms with Gasteiger partial charge in [-0.25, -0.2) is 0 Å². The Morgan fingerprint density at radius 1 is 1.11 bits per heavy atom. The maximum Gasteiger partial charge on any atom is 0.224 e. The van der Waals surface area contributed by atoms with Crippen molar-refractivity contribution in [3.8, 4) is 11.5 Å². The third kappa shape index (κ3) is 4.83. The fraction of sp³-hybridized carbons (Fsp3) is 0.476. The van der Waals surface area contributed by atoms with Gasteiger partial charge in [0.25, 0.3) is 0 Å². The van der Waals surface area contributed by atoms with Crippen molar-refractivity contribution in [1.82, 2.24) is 4.90 Å². The molecule has 1 amide bonds. The molecule has 2 aromatic rings. The molecule has 1 aromatic heterocycles. The third-order valence-corrected chi connectivity index (χ3v) is 5.30. The molecule has 1 fully saturated rings. The molecule has 3 heterocycles. The first-order valence-corrected chi connectivity index (χ1v) is 9.69. The monoisotopic (exact) mass is 370 g/mol. The van der Waals surface area contributed by atoms with Gasteiger partial charge < -0.3 is 19.2 Å². The number of piperidine rings is 1. The number of nitrogens with zero attached hydrogens (tertiary/aromatic N) is 1. The van der Waals surface area contributed by atoms with Gasteiger partial charge in [0.2, 0.25) is 5.91 Å². The SMILES string of the molecule is O=C(CCC1CCN(Cc2ccoc2)CC1)Nc1ccc2c(c1)OCCO2. The number of hydrogen-bond acceptors (Lipinski definition) is 5. The molecule has 0 radical (unpaired) electrons. The second-order valence-electron chi connectivity index (χ2n) is 7.30. The van der Waals surface area contributed by atoms with Crippen LogP contribution in [0.3, 0.4) is 0 Å². The van der Waals surface area contributed by atoms with E-state index in [0.29, 0.717) is 31.3 Å². The van der Waals surface area contributed by atoms with E-state index in [1.807, 2.05) is 30.5 Å². The summed E-state index contributed by atoms with van der Waals surface area (Å²) in [4.78, 5) is 14.8. The van der Waals surface area contributed by atoms with Crippen LogP contribution in [-0.4, -0.2) is 37.1 Å². The second kappa shape index (κ2) is 8.48. The Labute approximate surface area is 159 Å². The minimum Gasteiger partial charge on any atom is -0.486 e. The van der Waals surface area contributed by atoms with Gasteiger partial charge in [-0.3, -0.25) is 9.69 Å². The van der Waals surface area contributed by atoms with Crippen LogP contribution in [0, 0.1) is 5.92 Å². The smallest absolute Gasteiger partial charge is 0.224 e. The Morgan fingerprint density at radius 3 is 2.70 bits per heavy atom. The van der Waals surface area contributed by atoms with E-state index in [1.165, 1.54) is 5.56 Å². The Morgan fingerprint density at radius 2 is 1.93 bits per heavy atom. The van der Waals surface area contributed by atoms with E-state index in [4.69, 9.17) is 13.9 Å². The first-order valence-electron chi connectivity index (χ1n) is 9.69. The van der Waals surface area contributed by atoms with Crippen molar-refractivity contribution >= 4 is 11.6 Å². The minimum atomic E-state index is 0.0625. The topological polar surface area (TPSA) is 63.9 Å². The highest BCUT2D eigenvalue weighted by Gasteiger charge is 2.20. The Balaban J connectivity index is 1.19. The number of anilines is 1. The molecule has 2 aliphatic heterocycles. The van der Waals surface area contributed by atoms with Crippen LogP contribution in [0.15, 0.2) is 41.2 Å². The standard InChI is InChI=1S/C21H26N2O4/c24-21(22-18-2-3-19-20(13-18)27-12-11-26-19)4-1-16-5-8-23(9-6-16)14-17-7-10-25-15-17/h2-3,7,10,13,15-16H,1,4-6,8-9,11-12,14H2,(H,22,24). The number of carbonyl (C=O) groups excluding carboxylic acids is 1. The first-order chi connectivity index (χ1) is 13.3. The van der Waals surface area contributed by atoms with Crippen LogP contribution < -0.4 is 14.8 Å². The van der Waals surface area contributed by atoms with Crippen LogP contribution in [0.1, 0.15) is 31.2 Å². The lowest BCUT2D eigenvalue weighted by molar-refractivity contribution is -0.116. The van der Waals surface area contributed by atoms with Crippen LogP contribution in [0.2, 0.25) is 0 Å². The molecule has 1 saturated heterocycles. The highest BCUT2D eigenvalue weighted by molar-refractivity contribution is 5.91. The van der Waals surface area contributed by atoms with E-state index in [-0.39, 0.29) is 5.91 Å². The van der Waals surface area contributed by atoms with E-state index < -0.39 is 0 Å². The van der Waals surface area contributed by atoms with Crippen LogP contribution >= 0.6 is 0 Å². The van der Waals surface area contributed by atoms with Gasteiger partial charge in [-0.2, -0.15) is 0 Å². The van der Waals surface area contributed by atoms with Gasteiger partial charge in [-0.05, 0) is 56.5 Å². The Bertz CT molecular complexity index is 752. The largest absolute Gasteiger partial charge is 0.486 e. The van der Waals surface area contributed by atoms with Gasteiger partial charge in [0.1, 0.15) is 13.2 Å². The van der Waals surface area contributed by atoms with Crippen LogP contribution in [0.4, 0.5) is 5.69 Å². The number of amides is 1. The quantitative estimate of drug-likeness (QED) is 0.840. The highest BCUT2D eigenvalue weighted by Crippen LogP contribution is 2.32. The molecule has 0 bridgehead atoms. The first kappa shape index (κ1) is 17.9. The van der Waals surface area contributed by atoms with Crippen molar-refractivity contribution in [3.63, 3.8) is 0 Å². The molecule has 0 aliphatic carbocycles. The third-order valence-electron chi connectivity index (χ3n) is 5.30. The summed E-state index contributed by atoms with van der Waals surface area (Å²) in [6, 6.07) is 7.56. The summed E-state index contributed by atoms with van der Waals surface area (Å²) in [6.07, 6.45) is 7.33. The van der Waals surface area contributed by atoms with E-state index in [1.54, 1.807) is 6.26 Å². The van der Waals surface area contributed by atoms with Crippen molar-refractivity contribution in [2.24, 2.45) is 5.92 Å². The number of benzene rings is 1. The number of nitrogens with one attached hydrogen (secondary N) is 1. The lowest BCUT2D eigenvalue weighted by Gasteiger charge is -2.31. The average Bonchev–Trinajstić information content (AvgIpc) is 3.20. The van der Waals surface area contributed by atoms with Crippen molar-refractivity contribution in [3.05, 3.63) is 42.4 Å². The number of hydrogen-bond donors (Lipinski definition) is 1. The summed E-state index contributed by atoms with van der Waals surface area (Å²) in [7, 11) is 0. The molecule has 6 heteroatoms. The molecule has 0 saturated carbocycles. The molecule has 1 aromatic carbocycles. The van der Waals surface area contributed by atoms with Crippen molar-refractivity contribution in [2.45, 2.75) is 32.2 Å². The van der Waals surface area contributed by atoms with Gasteiger partial charge in [0, 0.05) is 30.3 Å². The zero-order valence-corrected chi connectivity index (χ0v) is 15.5. The molecule has 1 N–H and O–H groups in total. The van der Waals surface area contributed by atoms with Crippen molar-refractivity contribution in [2.75, 3.05) is 31.6 Å². The van der Waals surface area contributed by atoms with Crippen LogP contribution in [0.5, 0.6) is 11.5 Å². The number of furan rings is 1. The molecule has 6 nitrogen and oxygen atoms in total. The fourth-order valence-corrected chi connectivity index (χ4v) is 3.75. The molecule has 0 atom stereocenters. The number of carbonyl (C=O) groups is 1.